The highest BCUT2D eigenvalue weighted by Gasteiger charge is 2.26. The van der Waals surface area contributed by atoms with Crippen LogP contribution < -0.4 is 5.32 Å². The zero-order chi connectivity index (χ0) is 13.4. The van der Waals surface area contributed by atoms with Crippen molar-refractivity contribution in [3.05, 3.63) is 0 Å². The van der Waals surface area contributed by atoms with E-state index in [2.05, 4.69) is 31.0 Å². The SMILES string of the molecule is CCCNC(CC)(CO)CCCN1CCC(C)C1. The van der Waals surface area contributed by atoms with Gasteiger partial charge in [-0.05, 0) is 57.7 Å². The third kappa shape index (κ3) is 4.87. The van der Waals surface area contributed by atoms with Crippen molar-refractivity contribution in [1.82, 2.24) is 10.2 Å². The smallest absolute Gasteiger partial charge is 0.0613 e. The fraction of sp³-hybridized carbons (Fsp3) is 1.00. The summed E-state index contributed by atoms with van der Waals surface area (Å²) in [7, 11) is 0. The minimum absolute atomic E-state index is 0.0403. The van der Waals surface area contributed by atoms with Gasteiger partial charge in [0.2, 0.25) is 0 Å². The Bertz CT molecular complexity index is 217. The van der Waals surface area contributed by atoms with E-state index in [-0.39, 0.29) is 12.1 Å². The van der Waals surface area contributed by atoms with Crippen LogP contribution in [0.1, 0.15) is 52.9 Å². The Hall–Kier alpha value is -0.120. The van der Waals surface area contributed by atoms with E-state index in [1.165, 1.54) is 32.5 Å². The zero-order valence-electron chi connectivity index (χ0n) is 12.5. The third-order valence-electron chi connectivity index (χ3n) is 4.37. The first-order valence-corrected chi connectivity index (χ1v) is 7.74. The van der Waals surface area contributed by atoms with E-state index in [1.54, 1.807) is 0 Å². The van der Waals surface area contributed by atoms with Crippen molar-refractivity contribution in [3.8, 4) is 0 Å². The third-order valence-corrected chi connectivity index (χ3v) is 4.37. The van der Waals surface area contributed by atoms with E-state index in [0.717, 1.165) is 31.7 Å². The molecule has 0 aromatic heterocycles. The molecule has 18 heavy (non-hydrogen) atoms. The number of hydrogen-bond acceptors (Lipinski definition) is 3. The number of likely N-dealkylation sites (tertiary alicyclic amines) is 1. The monoisotopic (exact) mass is 256 g/mol. The molecule has 1 rings (SSSR count). The summed E-state index contributed by atoms with van der Waals surface area (Å²) in [5, 5.41) is 13.2. The maximum atomic E-state index is 9.66. The first-order valence-electron chi connectivity index (χ1n) is 7.74. The van der Waals surface area contributed by atoms with Crippen LogP contribution in [0, 0.1) is 5.92 Å². The molecule has 3 heteroatoms. The molecule has 0 spiro atoms. The van der Waals surface area contributed by atoms with Gasteiger partial charge in [-0.3, -0.25) is 0 Å². The average molecular weight is 256 g/mol. The normalized spacial score (nSPS) is 24.3. The van der Waals surface area contributed by atoms with Gasteiger partial charge in [0.05, 0.1) is 6.61 Å². The molecule has 1 aliphatic heterocycles. The Balaban J connectivity index is 2.28. The summed E-state index contributed by atoms with van der Waals surface area (Å²) in [4.78, 5) is 2.57. The molecule has 1 saturated heterocycles. The number of nitrogens with zero attached hydrogens (tertiary/aromatic N) is 1. The van der Waals surface area contributed by atoms with Gasteiger partial charge in [0.25, 0.3) is 0 Å². The fourth-order valence-electron chi connectivity index (χ4n) is 2.90. The van der Waals surface area contributed by atoms with Gasteiger partial charge in [-0.15, -0.1) is 0 Å². The molecular weight excluding hydrogens is 224 g/mol. The van der Waals surface area contributed by atoms with Gasteiger partial charge >= 0.3 is 0 Å². The van der Waals surface area contributed by atoms with Crippen molar-refractivity contribution >= 4 is 0 Å². The molecule has 2 atom stereocenters. The summed E-state index contributed by atoms with van der Waals surface area (Å²) >= 11 is 0. The Morgan fingerprint density at radius 2 is 2.17 bits per heavy atom. The van der Waals surface area contributed by atoms with Gasteiger partial charge in [-0.1, -0.05) is 20.8 Å². The average Bonchev–Trinajstić information content (AvgIpc) is 2.80. The van der Waals surface area contributed by atoms with Crippen LogP contribution in [0.3, 0.4) is 0 Å². The maximum absolute atomic E-state index is 9.66. The lowest BCUT2D eigenvalue weighted by atomic mass is 9.91. The van der Waals surface area contributed by atoms with Crippen LogP contribution >= 0.6 is 0 Å². The molecule has 2 unspecified atom stereocenters. The molecular formula is C15H32N2O. The quantitative estimate of drug-likeness (QED) is 0.664. The van der Waals surface area contributed by atoms with Crippen LogP contribution in [0.5, 0.6) is 0 Å². The molecule has 0 aromatic carbocycles. The van der Waals surface area contributed by atoms with E-state index in [9.17, 15) is 5.11 Å². The first-order chi connectivity index (χ1) is 8.65. The summed E-state index contributed by atoms with van der Waals surface area (Å²) in [5.74, 6) is 0.872. The second kappa shape index (κ2) is 8.13. The molecule has 2 N–H and O–H groups in total. The molecule has 0 aliphatic carbocycles. The van der Waals surface area contributed by atoms with Crippen LogP contribution in [-0.2, 0) is 0 Å². The molecule has 0 amide bonds. The molecule has 1 fully saturated rings. The lowest BCUT2D eigenvalue weighted by molar-refractivity contribution is 0.140. The maximum Gasteiger partial charge on any atom is 0.0613 e. The van der Waals surface area contributed by atoms with Crippen molar-refractivity contribution in [2.75, 3.05) is 32.8 Å². The van der Waals surface area contributed by atoms with Gasteiger partial charge in [0, 0.05) is 12.1 Å². The zero-order valence-corrected chi connectivity index (χ0v) is 12.5. The molecule has 1 aliphatic rings. The summed E-state index contributed by atoms with van der Waals surface area (Å²) in [5.41, 5.74) is -0.0403. The predicted molar refractivity (Wildman–Crippen MR) is 77.9 cm³/mol. The number of nitrogens with one attached hydrogen (secondary N) is 1. The molecule has 1 heterocycles. The second-order valence-corrected chi connectivity index (χ2v) is 6.02. The van der Waals surface area contributed by atoms with Crippen LogP contribution in [0.25, 0.3) is 0 Å². The number of hydrogen-bond donors (Lipinski definition) is 2. The number of aliphatic hydroxyl groups excluding tert-OH is 1. The topological polar surface area (TPSA) is 35.5 Å². The minimum Gasteiger partial charge on any atom is -0.394 e. The lowest BCUT2D eigenvalue weighted by Gasteiger charge is -2.33. The standard InChI is InChI=1S/C15H32N2O/c1-4-9-16-15(5-2,13-18)8-6-10-17-11-7-14(3)12-17/h14,16,18H,4-13H2,1-3H3. The molecule has 0 aromatic rings. The van der Waals surface area contributed by atoms with Crippen LogP contribution in [0.15, 0.2) is 0 Å². The second-order valence-electron chi connectivity index (χ2n) is 6.02. The highest BCUT2D eigenvalue weighted by Crippen LogP contribution is 2.20. The molecule has 3 nitrogen and oxygen atoms in total. The van der Waals surface area contributed by atoms with E-state index in [1.807, 2.05) is 0 Å². The van der Waals surface area contributed by atoms with Crippen LogP contribution in [0.2, 0.25) is 0 Å². The summed E-state index contributed by atoms with van der Waals surface area (Å²) in [6, 6.07) is 0. The minimum atomic E-state index is -0.0403. The predicted octanol–water partition coefficient (Wildman–Crippen LogP) is 2.25. The summed E-state index contributed by atoms with van der Waals surface area (Å²) < 4.78 is 0. The molecule has 0 radical (unpaired) electrons. The summed E-state index contributed by atoms with van der Waals surface area (Å²) in [6.45, 7) is 11.7. The lowest BCUT2D eigenvalue weighted by Crippen LogP contribution is -2.48. The van der Waals surface area contributed by atoms with Crippen LogP contribution in [-0.4, -0.2) is 48.3 Å². The number of rotatable bonds is 9. The van der Waals surface area contributed by atoms with Crippen molar-refractivity contribution < 1.29 is 5.11 Å². The number of aliphatic hydroxyl groups is 1. The van der Waals surface area contributed by atoms with Crippen molar-refractivity contribution in [1.29, 1.82) is 0 Å². The highest BCUT2D eigenvalue weighted by atomic mass is 16.3. The van der Waals surface area contributed by atoms with E-state index in [4.69, 9.17) is 0 Å². The van der Waals surface area contributed by atoms with Crippen molar-refractivity contribution in [3.63, 3.8) is 0 Å². The van der Waals surface area contributed by atoms with E-state index >= 15 is 0 Å². The summed E-state index contributed by atoms with van der Waals surface area (Å²) in [6.07, 6.45) is 5.78. The van der Waals surface area contributed by atoms with Gasteiger partial charge in [-0.25, -0.2) is 0 Å². The Morgan fingerprint density at radius 3 is 2.67 bits per heavy atom. The molecule has 0 bridgehead atoms. The van der Waals surface area contributed by atoms with Crippen LogP contribution in [0.4, 0.5) is 0 Å². The van der Waals surface area contributed by atoms with Gasteiger partial charge in [-0.2, -0.15) is 0 Å². The van der Waals surface area contributed by atoms with E-state index in [0.29, 0.717) is 0 Å². The first kappa shape index (κ1) is 15.9. The Morgan fingerprint density at radius 1 is 1.39 bits per heavy atom. The molecule has 0 saturated carbocycles. The van der Waals surface area contributed by atoms with Crippen molar-refractivity contribution in [2.45, 2.75) is 58.4 Å². The van der Waals surface area contributed by atoms with Gasteiger partial charge < -0.3 is 15.3 Å². The Labute approximate surface area is 113 Å². The van der Waals surface area contributed by atoms with Crippen molar-refractivity contribution in [2.24, 2.45) is 5.92 Å². The fourth-order valence-corrected chi connectivity index (χ4v) is 2.90. The van der Waals surface area contributed by atoms with Gasteiger partial charge in [0.1, 0.15) is 0 Å². The Kier molecular flexibility index (Phi) is 7.20. The largest absolute Gasteiger partial charge is 0.394 e. The molecule has 108 valence electrons. The van der Waals surface area contributed by atoms with Gasteiger partial charge in [0.15, 0.2) is 0 Å². The van der Waals surface area contributed by atoms with E-state index < -0.39 is 0 Å². The highest BCUT2D eigenvalue weighted by molar-refractivity contribution is 4.86.